The molecule has 1 aliphatic heterocycles. The summed E-state index contributed by atoms with van der Waals surface area (Å²) in [6, 6.07) is 2.31. The lowest BCUT2D eigenvalue weighted by Gasteiger charge is -2.28. The second kappa shape index (κ2) is 7.51. The standard InChI is InChI=1S/C17H22F3N3O3/c1-16(2)9-11(10-23(16)15(25)26)3-4-13(12-5-7-21-8-6-12)22-14(24)17(18,19)20/h5-8,11,13H,3-4,9-10H2,1-2H3,(H,22,24)(H,25,26)/t11-,13?/m0/s1. The van der Waals surface area contributed by atoms with E-state index >= 15 is 0 Å². The number of nitrogens with zero attached hydrogens (tertiary/aromatic N) is 2. The Morgan fingerprint density at radius 1 is 1.38 bits per heavy atom. The number of carboxylic acid groups (broad SMARTS) is 1. The van der Waals surface area contributed by atoms with E-state index in [2.05, 4.69) is 4.98 Å². The molecule has 2 heterocycles. The van der Waals surface area contributed by atoms with Gasteiger partial charge in [0.05, 0.1) is 6.04 Å². The minimum absolute atomic E-state index is 0.0215. The molecule has 2 rings (SSSR count). The first-order valence-electron chi connectivity index (χ1n) is 8.29. The average molecular weight is 373 g/mol. The summed E-state index contributed by atoms with van der Waals surface area (Å²) in [7, 11) is 0. The first-order valence-corrected chi connectivity index (χ1v) is 8.29. The summed E-state index contributed by atoms with van der Waals surface area (Å²) in [5.74, 6) is -1.97. The largest absolute Gasteiger partial charge is 0.471 e. The third kappa shape index (κ3) is 4.86. The molecule has 0 spiro atoms. The van der Waals surface area contributed by atoms with Crippen LogP contribution in [0.1, 0.15) is 44.7 Å². The van der Waals surface area contributed by atoms with E-state index < -0.39 is 29.8 Å². The third-order valence-electron chi connectivity index (χ3n) is 4.73. The van der Waals surface area contributed by atoms with Crippen LogP contribution in [-0.2, 0) is 4.79 Å². The van der Waals surface area contributed by atoms with Crippen molar-refractivity contribution in [1.29, 1.82) is 0 Å². The number of carbonyl (C=O) groups is 2. The molecule has 144 valence electrons. The molecule has 2 atom stereocenters. The SMILES string of the molecule is CC1(C)C[C@H](CCC(NC(=O)C(F)(F)F)c2ccncc2)CN1C(=O)O. The van der Waals surface area contributed by atoms with Crippen molar-refractivity contribution >= 4 is 12.0 Å². The number of likely N-dealkylation sites (tertiary alicyclic amines) is 1. The number of amides is 2. The van der Waals surface area contributed by atoms with Gasteiger partial charge >= 0.3 is 18.2 Å². The highest BCUT2D eigenvalue weighted by atomic mass is 19.4. The van der Waals surface area contributed by atoms with Crippen molar-refractivity contribution in [3.05, 3.63) is 30.1 Å². The smallest absolute Gasteiger partial charge is 0.465 e. The van der Waals surface area contributed by atoms with Crippen LogP contribution in [0.5, 0.6) is 0 Å². The highest BCUT2D eigenvalue weighted by Crippen LogP contribution is 2.36. The van der Waals surface area contributed by atoms with Crippen LogP contribution in [0.4, 0.5) is 18.0 Å². The van der Waals surface area contributed by atoms with Crippen LogP contribution in [0.2, 0.25) is 0 Å². The van der Waals surface area contributed by atoms with E-state index in [1.807, 2.05) is 19.2 Å². The molecule has 1 unspecified atom stereocenters. The van der Waals surface area contributed by atoms with Crippen LogP contribution in [0, 0.1) is 5.92 Å². The molecule has 1 aromatic rings. The fourth-order valence-corrected chi connectivity index (χ4v) is 3.48. The minimum Gasteiger partial charge on any atom is -0.465 e. The molecular weight excluding hydrogens is 351 g/mol. The molecule has 1 saturated heterocycles. The summed E-state index contributed by atoms with van der Waals surface area (Å²) >= 11 is 0. The molecule has 0 aromatic carbocycles. The molecule has 0 radical (unpaired) electrons. The highest BCUT2D eigenvalue weighted by molar-refractivity contribution is 5.82. The molecule has 0 bridgehead atoms. The van der Waals surface area contributed by atoms with Crippen LogP contribution in [-0.4, -0.2) is 45.3 Å². The van der Waals surface area contributed by atoms with E-state index in [9.17, 15) is 27.9 Å². The maximum absolute atomic E-state index is 12.6. The van der Waals surface area contributed by atoms with Gasteiger partial charge in [0.1, 0.15) is 0 Å². The number of carbonyl (C=O) groups excluding carboxylic acids is 1. The Bertz CT molecular complexity index is 650. The van der Waals surface area contributed by atoms with Gasteiger partial charge < -0.3 is 15.3 Å². The molecule has 6 nitrogen and oxygen atoms in total. The molecule has 26 heavy (non-hydrogen) atoms. The molecule has 2 amide bonds. The van der Waals surface area contributed by atoms with E-state index in [0.29, 0.717) is 24.9 Å². The van der Waals surface area contributed by atoms with E-state index in [1.54, 1.807) is 12.1 Å². The molecule has 0 saturated carbocycles. The number of halogens is 3. The number of aromatic nitrogens is 1. The summed E-state index contributed by atoms with van der Waals surface area (Å²) in [6.07, 6.45) is -1.66. The van der Waals surface area contributed by atoms with Gasteiger partial charge in [0.15, 0.2) is 0 Å². The minimum atomic E-state index is -4.96. The summed E-state index contributed by atoms with van der Waals surface area (Å²) < 4.78 is 37.8. The molecule has 1 fully saturated rings. The van der Waals surface area contributed by atoms with Crippen LogP contribution in [0.3, 0.4) is 0 Å². The molecule has 2 N–H and O–H groups in total. The molecule has 1 aromatic heterocycles. The lowest BCUT2D eigenvalue weighted by atomic mass is 9.91. The van der Waals surface area contributed by atoms with Crippen molar-refractivity contribution in [3.8, 4) is 0 Å². The summed E-state index contributed by atoms with van der Waals surface area (Å²) in [4.78, 5) is 27.9. The fourth-order valence-electron chi connectivity index (χ4n) is 3.48. The molecule has 0 aliphatic carbocycles. The van der Waals surface area contributed by atoms with Crippen molar-refractivity contribution in [2.24, 2.45) is 5.92 Å². The Hall–Kier alpha value is -2.32. The number of pyridine rings is 1. The van der Waals surface area contributed by atoms with Gasteiger partial charge in [-0.3, -0.25) is 9.78 Å². The van der Waals surface area contributed by atoms with Gasteiger partial charge in [0.25, 0.3) is 0 Å². The Labute approximate surface area is 149 Å². The summed E-state index contributed by atoms with van der Waals surface area (Å²) in [5, 5.41) is 11.3. The Morgan fingerprint density at radius 3 is 2.50 bits per heavy atom. The zero-order valence-corrected chi connectivity index (χ0v) is 14.6. The van der Waals surface area contributed by atoms with Crippen molar-refractivity contribution in [1.82, 2.24) is 15.2 Å². The van der Waals surface area contributed by atoms with Gasteiger partial charge in [0, 0.05) is 24.5 Å². The van der Waals surface area contributed by atoms with Gasteiger partial charge in [-0.05, 0) is 56.7 Å². The maximum Gasteiger partial charge on any atom is 0.471 e. The third-order valence-corrected chi connectivity index (χ3v) is 4.73. The Morgan fingerprint density at radius 2 is 2.00 bits per heavy atom. The van der Waals surface area contributed by atoms with Crippen LogP contribution < -0.4 is 5.32 Å². The molecule has 1 aliphatic rings. The van der Waals surface area contributed by atoms with Crippen molar-refractivity contribution in [2.45, 2.75) is 50.9 Å². The number of rotatable bonds is 5. The zero-order valence-electron chi connectivity index (χ0n) is 14.6. The van der Waals surface area contributed by atoms with Crippen molar-refractivity contribution in [3.63, 3.8) is 0 Å². The second-order valence-electron chi connectivity index (χ2n) is 7.16. The normalized spacial score (nSPS) is 20.7. The first-order chi connectivity index (χ1) is 12.0. The predicted octanol–water partition coefficient (Wildman–Crippen LogP) is 3.36. The van der Waals surface area contributed by atoms with E-state index in [4.69, 9.17) is 0 Å². The summed E-state index contributed by atoms with van der Waals surface area (Å²) in [6.45, 7) is 3.98. The van der Waals surface area contributed by atoms with Gasteiger partial charge in [-0.15, -0.1) is 0 Å². The maximum atomic E-state index is 12.6. The van der Waals surface area contributed by atoms with Crippen molar-refractivity contribution < 1.29 is 27.9 Å². The van der Waals surface area contributed by atoms with Crippen molar-refractivity contribution in [2.75, 3.05) is 6.54 Å². The topological polar surface area (TPSA) is 82.5 Å². The quantitative estimate of drug-likeness (QED) is 0.829. The van der Waals surface area contributed by atoms with Gasteiger partial charge in [-0.2, -0.15) is 13.2 Å². The monoisotopic (exact) mass is 373 g/mol. The zero-order chi connectivity index (χ0) is 19.5. The van der Waals surface area contributed by atoms with Crippen LogP contribution in [0.15, 0.2) is 24.5 Å². The van der Waals surface area contributed by atoms with Crippen LogP contribution >= 0.6 is 0 Å². The Balaban J connectivity index is 2.06. The van der Waals surface area contributed by atoms with E-state index in [0.717, 1.165) is 0 Å². The number of nitrogens with one attached hydrogen (secondary N) is 1. The highest BCUT2D eigenvalue weighted by Gasteiger charge is 2.42. The lowest BCUT2D eigenvalue weighted by Crippen LogP contribution is -2.41. The van der Waals surface area contributed by atoms with E-state index in [1.165, 1.54) is 17.3 Å². The van der Waals surface area contributed by atoms with E-state index in [-0.39, 0.29) is 12.3 Å². The number of hydrogen-bond donors (Lipinski definition) is 2. The second-order valence-corrected chi connectivity index (χ2v) is 7.16. The van der Waals surface area contributed by atoms with Gasteiger partial charge in [0.2, 0.25) is 0 Å². The van der Waals surface area contributed by atoms with Gasteiger partial charge in [-0.25, -0.2) is 4.79 Å². The molecular formula is C17H22F3N3O3. The fraction of sp³-hybridized carbons (Fsp3) is 0.588. The summed E-state index contributed by atoms with van der Waals surface area (Å²) in [5.41, 5.74) is 0.0164. The number of hydrogen-bond acceptors (Lipinski definition) is 3. The lowest BCUT2D eigenvalue weighted by molar-refractivity contribution is -0.174. The Kier molecular flexibility index (Phi) is 5.77. The molecule has 9 heteroatoms. The van der Waals surface area contributed by atoms with Crippen LogP contribution in [0.25, 0.3) is 0 Å². The predicted molar refractivity (Wildman–Crippen MR) is 87.3 cm³/mol. The number of alkyl halides is 3. The van der Waals surface area contributed by atoms with Gasteiger partial charge in [-0.1, -0.05) is 0 Å². The average Bonchev–Trinajstić information content (AvgIpc) is 2.86. The first kappa shape index (κ1) is 20.0.